The lowest BCUT2D eigenvalue weighted by Crippen LogP contribution is -2.12. The van der Waals surface area contributed by atoms with Crippen LogP contribution < -0.4 is 19.6 Å². The van der Waals surface area contributed by atoms with E-state index in [1.807, 2.05) is 48.5 Å². The molecular formula is C60H48N4. The summed E-state index contributed by atoms with van der Waals surface area (Å²) in [5, 5.41) is 0. The van der Waals surface area contributed by atoms with Gasteiger partial charge in [0.2, 0.25) is 0 Å². The Morgan fingerprint density at radius 3 is 0.312 bits per heavy atom. The zero-order valence-corrected chi connectivity index (χ0v) is 35.5. The van der Waals surface area contributed by atoms with Crippen LogP contribution in [-0.4, -0.2) is 0 Å². The number of hydrogen-bond acceptors (Lipinski definition) is 4. The molecule has 0 atom stereocenters. The van der Waals surface area contributed by atoms with E-state index in [1.54, 1.807) is 0 Å². The average molecular weight is 825 g/mol. The first-order valence-corrected chi connectivity index (χ1v) is 21.6. The van der Waals surface area contributed by atoms with Gasteiger partial charge in [0.1, 0.15) is 0 Å². The molecule has 0 amide bonds. The third-order valence-corrected chi connectivity index (χ3v) is 10.8. The van der Waals surface area contributed by atoms with Gasteiger partial charge in [0.25, 0.3) is 0 Å². The molecule has 0 aromatic heterocycles. The van der Waals surface area contributed by atoms with Crippen LogP contribution in [0.3, 0.4) is 0 Å². The summed E-state index contributed by atoms with van der Waals surface area (Å²) < 4.78 is 0. The first-order valence-electron chi connectivity index (χ1n) is 21.6. The molecule has 0 heterocycles. The zero-order chi connectivity index (χ0) is 43.2. The Morgan fingerprint density at radius 1 is 0.109 bits per heavy atom. The van der Waals surface area contributed by atoms with E-state index in [2.05, 4.69) is 262 Å². The van der Waals surface area contributed by atoms with Gasteiger partial charge >= 0.3 is 0 Å². The summed E-state index contributed by atoms with van der Waals surface area (Å²) in [5.41, 5.74) is 13.5. The molecule has 308 valence electrons. The van der Waals surface area contributed by atoms with Gasteiger partial charge in [0.15, 0.2) is 0 Å². The van der Waals surface area contributed by atoms with Gasteiger partial charge in [-0.2, -0.15) is 0 Å². The summed E-state index contributed by atoms with van der Waals surface area (Å²) in [7, 11) is 0. The minimum Gasteiger partial charge on any atom is -0.311 e. The van der Waals surface area contributed by atoms with Crippen LogP contribution in [0.4, 0.5) is 68.2 Å². The molecule has 0 saturated heterocycles. The molecule has 10 aromatic rings. The van der Waals surface area contributed by atoms with Gasteiger partial charge in [-0.25, -0.2) is 0 Å². The van der Waals surface area contributed by atoms with Crippen LogP contribution >= 0.6 is 0 Å². The summed E-state index contributed by atoms with van der Waals surface area (Å²) in [6, 6.07) is 101. The Morgan fingerprint density at radius 2 is 0.203 bits per heavy atom. The van der Waals surface area contributed by atoms with Crippen LogP contribution in [0.25, 0.3) is 0 Å². The Bertz CT molecular complexity index is 2320. The maximum Gasteiger partial charge on any atom is 0.0463 e. The lowest BCUT2D eigenvalue weighted by Gasteiger charge is -2.28. The Hall–Kier alpha value is -8.60. The van der Waals surface area contributed by atoms with Gasteiger partial charge < -0.3 is 19.6 Å². The van der Waals surface area contributed by atoms with Crippen LogP contribution in [0, 0.1) is 0 Å². The van der Waals surface area contributed by atoms with Crippen LogP contribution in [0.2, 0.25) is 0 Å². The summed E-state index contributed by atoms with van der Waals surface area (Å²) in [6.07, 6.45) is 0. The molecular weight excluding hydrogens is 777 g/mol. The molecule has 0 saturated carbocycles. The molecule has 64 heavy (non-hydrogen) atoms. The molecule has 0 N–H and O–H groups in total. The molecule has 0 fully saturated rings. The van der Waals surface area contributed by atoms with Gasteiger partial charge in [-0.1, -0.05) is 146 Å². The standard InChI is InChI=1S/2C30H24N2/c2*1-5-13-25(14-6-1)31(26-15-7-2-8-16-26)29-21-23-30(24-22-29)32(27-17-9-3-10-18-27)28-19-11-4-12-20-28/h2*1-24H. The predicted octanol–water partition coefficient (Wildman–Crippen LogP) is 17.3. The number of nitrogens with zero attached hydrogens (tertiary/aromatic N) is 4. The maximum atomic E-state index is 2.28. The second-order valence-electron chi connectivity index (χ2n) is 15.1. The van der Waals surface area contributed by atoms with E-state index in [4.69, 9.17) is 0 Å². The smallest absolute Gasteiger partial charge is 0.0463 e. The molecule has 0 aliphatic rings. The molecule has 0 aliphatic heterocycles. The van der Waals surface area contributed by atoms with Crippen LogP contribution in [0.1, 0.15) is 0 Å². The van der Waals surface area contributed by atoms with Gasteiger partial charge in [0, 0.05) is 68.2 Å². The molecule has 10 aromatic carbocycles. The van der Waals surface area contributed by atoms with E-state index >= 15 is 0 Å². The number of benzene rings is 10. The second kappa shape index (κ2) is 20.3. The first kappa shape index (κ1) is 40.8. The number of para-hydroxylation sites is 8. The highest BCUT2D eigenvalue weighted by Crippen LogP contribution is 2.40. The minimum atomic E-state index is 1.12. The Kier molecular flexibility index (Phi) is 12.9. The Labute approximate surface area is 377 Å². The van der Waals surface area contributed by atoms with E-state index in [9.17, 15) is 0 Å². The van der Waals surface area contributed by atoms with Crippen LogP contribution in [-0.2, 0) is 0 Å². The molecule has 4 heteroatoms. The highest BCUT2D eigenvalue weighted by atomic mass is 15.2. The third-order valence-electron chi connectivity index (χ3n) is 10.8. The normalized spacial score (nSPS) is 10.5. The summed E-state index contributed by atoms with van der Waals surface area (Å²) in [6.45, 7) is 0. The maximum absolute atomic E-state index is 2.28. The lowest BCUT2D eigenvalue weighted by atomic mass is 10.1. The number of rotatable bonds is 12. The molecule has 0 radical (unpaired) electrons. The monoisotopic (exact) mass is 824 g/mol. The Balaban J connectivity index is 0.000000162. The van der Waals surface area contributed by atoms with Crippen molar-refractivity contribution in [2.24, 2.45) is 0 Å². The zero-order valence-electron chi connectivity index (χ0n) is 35.5. The first-order chi connectivity index (χ1) is 31.8. The van der Waals surface area contributed by atoms with Crippen molar-refractivity contribution in [1.82, 2.24) is 0 Å². The quantitative estimate of drug-likeness (QED) is 0.122. The lowest BCUT2D eigenvalue weighted by molar-refractivity contribution is 1.26. The highest BCUT2D eigenvalue weighted by Gasteiger charge is 2.17. The fraction of sp³-hybridized carbons (Fsp3) is 0. The van der Waals surface area contributed by atoms with Gasteiger partial charge in [-0.15, -0.1) is 0 Å². The summed E-state index contributed by atoms with van der Waals surface area (Å²) in [5.74, 6) is 0. The van der Waals surface area contributed by atoms with E-state index in [-0.39, 0.29) is 0 Å². The van der Waals surface area contributed by atoms with Gasteiger partial charge in [-0.05, 0) is 146 Å². The largest absolute Gasteiger partial charge is 0.311 e. The van der Waals surface area contributed by atoms with E-state index in [0.717, 1.165) is 68.2 Å². The molecule has 0 unspecified atom stereocenters. The SMILES string of the molecule is c1ccc(N(c2ccccc2)c2ccc(N(c3ccccc3)c3ccccc3)cc2)cc1.c1ccc(N(c2ccccc2)c2ccc(N(c3ccccc3)c3ccccc3)cc2)cc1. The summed E-state index contributed by atoms with van der Waals surface area (Å²) >= 11 is 0. The van der Waals surface area contributed by atoms with Crippen molar-refractivity contribution in [2.75, 3.05) is 19.6 Å². The highest BCUT2D eigenvalue weighted by molar-refractivity contribution is 5.83. The van der Waals surface area contributed by atoms with Crippen molar-refractivity contribution in [3.05, 3.63) is 291 Å². The fourth-order valence-electron chi connectivity index (χ4n) is 7.91. The van der Waals surface area contributed by atoms with Crippen molar-refractivity contribution in [3.8, 4) is 0 Å². The van der Waals surface area contributed by atoms with E-state index in [0.29, 0.717) is 0 Å². The number of anilines is 12. The van der Waals surface area contributed by atoms with Crippen molar-refractivity contribution in [3.63, 3.8) is 0 Å². The number of hydrogen-bond donors (Lipinski definition) is 0. The molecule has 4 nitrogen and oxygen atoms in total. The molecule has 0 spiro atoms. The van der Waals surface area contributed by atoms with E-state index in [1.165, 1.54) is 0 Å². The average Bonchev–Trinajstić information content (AvgIpc) is 3.38. The van der Waals surface area contributed by atoms with Crippen molar-refractivity contribution >= 4 is 68.2 Å². The topological polar surface area (TPSA) is 13.0 Å². The third kappa shape index (κ3) is 9.63. The van der Waals surface area contributed by atoms with Crippen molar-refractivity contribution in [1.29, 1.82) is 0 Å². The summed E-state index contributed by atoms with van der Waals surface area (Å²) in [4.78, 5) is 9.11. The van der Waals surface area contributed by atoms with Crippen molar-refractivity contribution < 1.29 is 0 Å². The fourth-order valence-corrected chi connectivity index (χ4v) is 7.91. The molecule has 10 rings (SSSR count). The molecule has 0 bridgehead atoms. The predicted molar refractivity (Wildman–Crippen MR) is 272 cm³/mol. The van der Waals surface area contributed by atoms with Crippen LogP contribution in [0.5, 0.6) is 0 Å². The minimum absolute atomic E-state index is 1.12. The van der Waals surface area contributed by atoms with Crippen molar-refractivity contribution in [2.45, 2.75) is 0 Å². The second-order valence-corrected chi connectivity index (χ2v) is 15.1. The van der Waals surface area contributed by atoms with E-state index < -0.39 is 0 Å². The van der Waals surface area contributed by atoms with Crippen LogP contribution in [0.15, 0.2) is 291 Å². The van der Waals surface area contributed by atoms with Gasteiger partial charge in [-0.3, -0.25) is 0 Å². The molecule has 0 aliphatic carbocycles. The van der Waals surface area contributed by atoms with Gasteiger partial charge in [0.05, 0.1) is 0 Å².